The predicted octanol–water partition coefficient (Wildman–Crippen LogP) is 2.95. The monoisotopic (exact) mass is 266 g/mol. The first-order valence-corrected chi connectivity index (χ1v) is 5.61. The molecule has 0 spiro atoms. The van der Waals surface area contributed by atoms with Crippen molar-refractivity contribution in [2.45, 2.75) is 13.5 Å². The maximum absolute atomic E-state index is 10.7. The second-order valence-electron chi connectivity index (χ2n) is 3.75. The quantitative estimate of drug-likeness (QED) is 0.832. The van der Waals surface area contributed by atoms with E-state index in [-0.39, 0.29) is 5.56 Å². The molecule has 0 aliphatic carbocycles. The third kappa shape index (κ3) is 2.62. The van der Waals surface area contributed by atoms with Crippen molar-refractivity contribution in [3.8, 4) is 0 Å². The Morgan fingerprint density at radius 3 is 3.00 bits per heavy atom. The molecule has 2 N–H and O–H groups in total. The van der Waals surface area contributed by atoms with Gasteiger partial charge in [-0.25, -0.2) is 9.78 Å². The van der Waals surface area contributed by atoms with E-state index in [1.807, 2.05) is 13.0 Å². The smallest absolute Gasteiger partial charge is 0.338 e. The summed E-state index contributed by atoms with van der Waals surface area (Å²) in [5, 5.41) is 12.2. The van der Waals surface area contributed by atoms with Gasteiger partial charge in [-0.15, -0.1) is 0 Å². The molecular formula is C12H11ClN2O3. The zero-order valence-electron chi connectivity index (χ0n) is 9.61. The fourth-order valence-corrected chi connectivity index (χ4v) is 1.77. The second-order valence-corrected chi connectivity index (χ2v) is 4.11. The Labute approximate surface area is 108 Å². The summed E-state index contributed by atoms with van der Waals surface area (Å²) in [6, 6.07) is 3.30. The fourth-order valence-electron chi connectivity index (χ4n) is 1.50. The van der Waals surface area contributed by atoms with E-state index in [0.29, 0.717) is 23.1 Å². The van der Waals surface area contributed by atoms with Gasteiger partial charge in [0, 0.05) is 6.20 Å². The minimum Gasteiger partial charge on any atom is -0.478 e. The Hall–Kier alpha value is -2.01. The average Bonchev–Trinajstić information content (AvgIpc) is 2.77. The van der Waals surface area contributed by atoms with Gasteiger partial charge in [0.2, 0.25) is 0 Å². The molecule has 18 heavy (non-hydrogen) atoms. The lowest BCUT2D eigenvalue weighted by molar-refractivity contribution is 0.0696. The summed E-state index contributed by atoms with van der Waals surface area (Å²) >= 11 is 5.95. The van der Waals surface area contributed by atoms with Gasteiger partial charge in [0.05, 0.1) is 17.8 Å². The van der Waals surface area contributed by atoms with Crippen molar-refractivity contribution in [1.82, 2.24) is 4.98 Å². The molecular weight excluding hydrogens is 256 g/mol. The van der Waals surface area contributed by atoms with Crippen LogP contribution in [0.15, 0.2) is 29.0 Å². The molecule has 0 saturated heterocycles. The van der Waals surface area contributed by atoms with Crippen molar-refractivity contribution >= 4 is 23.3 Å². The zero-order chi connectivity index (χ0) is 13.1. The maximum atomic E-state index is 10.7. The maximum Gasteiger partial charge on any atom is 0.338 e. The first-order valence-electron chi connectivity index (χ1n) is 5.23. The summed E-state index contributed by atoms with van der Waals surface area (Å²) in [6.07, 6.45) is 2.83. The Morgan fingerprint density at radius 2 is 2.39 bits per heavy atom. The van der Waals surface area contributed by atoms with E-state index in [1.54, 1.807) is 6.20 Å². The molecule has 2 heterocycles. The largest absolute Gasteiger partial charge is 0.478 e. The number of pyridine rings is 1. The molecule has 0 bridgehead atoms. The fraction of sp³-hybridized carbons (Fsp3) is 0.167. The molecule has 94 valence electrons. The molecule has 0 saturated carbocycles. The predicted molar refractivity (Wildman–Crippen MR) is 67.0 cm³/mol. The van der Waals surface area contributed by atoms with Crippen LogP contribution in [0, 0.1) is 6.92 Å². The van der Waals surface area contributed by atoms with Crippen LogP contribution in [0.25, 0.3) is 0 Å². The standard InChI is InChI=1S/C12H11ClN2O3/c1-7-2-3-14-11(13)10(7)15-5-9-4-8(6-18-9)12(16)17/h2-4,6,15H,5H2,1H3,(H,16,17). The van der Waals surface area contributed by atoms with E-state index in [2.05, 4.69) is 10.3 Å². The average molecular weight is 267 g/mol. The third-order valence-electron chi connectivity index (χ3n) is 2.45. The van der Waals surface area contributed by atoms with Crippen LogP contribution in [0.3, 0.4) is 0 Å². The number of hydrogen-bond donors (Lipinski definition) is 2. The van der Waals surface area contributed by atoms with Gasteiger partial charge in [-0.05, 0) is 24.6 Å². The van der Waals surface area contributed by atoms with Crippen LogP contribution in [-0.4, -0.2) is 16.1 Å². The number of carbonyl (C=O) groups is 1. The van der Waals surface area contributed by atoms with E-state index in [0.717, 1.165) is 5.56 Å². The van der Waals surface area contributed by atoms with Gasteiger partial charge >= 0.3 is 5.97 Å². The molecule has 6 heteroatoms. The number of hydrogen-bond acceptors (Lipinski definition) is 4. The first kappa shape index (κ1) is 12.4. The van der Waals surface area contributed by atoms with Crippen molar-refractivity contribution in [2.75, 3.05) is 5.32 Å². The lowest BCUT2D eigenvalue weighted by Crippen LogP contribution is -2.01. The van der Waals surface area contributed by atoms with Crippen molar-refractivity contribution < 1.29 is 14.3 Å². The summed E-state index contributed by atoms with van der Waals surface area (Å²) < 4.78 is 5.12. The van der Waals surface area contributed by atoms with Crippen LogP contribution in [0.5, 0.6) is 0 Å². The first-order chi connectivity index (χ1) is 8.58. The Balaban J connectivity index is 2.09. The number of rotatable bonds is 4. The van der Waals surface area contributed by atoms with Crippen LogP contribution in [0.4, 0.5) is 5.69 Å². The highest BCUT2D eigenvalue weighted by atomic mass is 35.5. The summed E-state index contributed by atoms with van der Waals surface area (Å²) in [5.74, 6) is -0.493. The van der Waals surface area contributed by atoms with E-state index in [1.165, 1.54) is 12.3 Å². The van der Waals surface area contributed by atoms with Crippen molar-refractivity contribution in [2.24, 2.45) is 0 Å². The molecule has 0 aliphatic heterocycles. The van der Waals surface area contributed by atoms with Crippen molar-refractivity contribution in [3.63, 3.8) is 0 Å². The topological polar surface area (TPSA) is 75.4 Å². The number of carboxylic acid groups (broad SMARTS) is 1. The minimum atomic E-state index is -1.01. The highest BCUT2D eigenvalue weighted by Crippen LogP contribution is 2.23. The number of halogens is 1. The van der Waals surface area contributed by atoms with Crippen LogP contribution in [0.1, 0.15) is 21.7 Å². The number of aromatic carboxylic acids is 1. The van der Waals surface area contributed by atoms with Gasteiger partial charge in [0.25, 0.3) is 0 Å². The zero-order valence-corrected chi connectivity index (χ0v) is 10.4. The van der Waals surface area contributed by atoms with Gasteiger partial charge < -0.3 is 14.8 Å². The van der Waals surface area contributed by atoms with E-state index >= 15 is 0 Å². The number of nitrogens with one attached hydrogen (secondary N) is 1. The number of anilines is 1. The number of carboxylic acids is 1. The Bertz CT molecular complexity index is 560. The molecule has 2 rings (SSSR count). The van der Waals surface area contributed by atoms with E-state index in [4.69, 9.17) is 21.1 Å². The molecule has 2 aromatic heterocycles. The van der Waals surface area contributed by atoms with Crippen LogP contribution < -0.4 is 5.32 Å². The molecule has 0 unspecified atom stereocenters. The van der Waals surface area contributed by atoms with Crippen LogP contribution >= 0.6 is 11.6 Å². The van der Waals surface area contributed by atoms with Gasteiger partial charge in [-0.1, -0.05) is 11.6 Å². The highest BCUT2D eigenvalue weighted by molar-refractivity contribution is 6.32. The van der Waals surface area contributed by atoms with Crippen LogP contribution in [-0.2, 0) is 6.54 Å². The number of aryl methyl sites for hydroxylation is 1. The molecule has 0 amide bonds. The summed E-state index contributed by atoms with van der Waals surface area (Å²) in [5.41, 5.74) is 1.80. The summed E-state index contributed by atoms with van der Waals surface area (Å²) in [4.78, 5) is 14.6. The molecule has 2 aromatic rings. The number of nitrogens with zero attached hydrogens (tertiary/aromatic N) is 1. The minimum absolute atomic E-state index is 0.126. The highest BCUT2D eigenvalue weighted by Gasteiger charge is 2.09. The molecule has 0 aliphatic rings. The Morgan fingerprint density at radius 1 is 1.61 bits per heavy atom. The van der Waals surface area contributed by atoms with Gasteiger partial charge in [-0.3, -0.25) is 0 Å². The van der Waals surface area contributed by atoms with Gasteiger partial charge in [-0.2, -0.15) is 0 Å². The summed E-state index contributed by atoms with van der Waals surface area (Å²) in [7, 11) is 0. The molecule has 0 atom stereocenters. The van der Waals surface area contributed by atoms with Gasteiger partial charge in [0.15, 0.2) is 5.15 Å². The third-order valence-corrected chi connectivity index (χ3v) is 2.74. The second kappa shape index (κ2) is 5.10. The molecule has 0 fully saturated rings. The Kier molecular flexibility index (Phi) is 3.53. The molecule has 0 aromatic carbocycles. The number of aromatic nitrogens is 1. The SMILES string of the molecule is Cc1ccnc(Cl)c1NCc1cc(C(=O)O)co1. The van der Waals surface area contributed by atoms with E-state index in [9.17, 15) is 4.79 Å². The normalized spacial score (nSPS) is 10.3. The van der Waals surface area contributed by atoms with Gasteiger partial charge in [0.1, 0.15) is 12.0 Å². The number of furan rings is 1. The van der Waals surface area contributed by atoms with Crippen molar-refractivity contribution in [3.05, 3.63) is 46.6 Å². The lowest BCUT2D eigenvalue weighted by Gasteiger charge is -2.08. The molecule has 5 nitrogen and oxygen atoms in total. The molecule has 0 radical (unpaired) electrons. The van der Waals surface area contributed by atoms with Crippen molar-refractivity contribution in [1.29, 1.82) is 0 Å². The van der Waals surface area contributed by atoms with E-state index < -0.39 is 5.97 Å². The lowest BCUT2D eigenvalue weighted by atomic mass is 10.2. The van der Waals surface area contributed by atoms with Crippen LogP contribution in [0.2, 0.25) is 5.15 Å². The summed E-state index contributed by atoms with van der Waals surface area (Å²) in [6.45, 7) is 2.25.